The quantitative estimate of drug-likeness (QED) is 0.770. The minimum absolute atomic E-state index is 0.223. The molecule has 2 rings (SSSR count). The topological polar surface area (TPSA) is 46.1 Å². The molecule has 1 amide bonds. The number of carbonyl (C=O) groups excluding carboxylic acids is 1. The van der Waals surface area contributed by atoms with Crippen molar-refractivity contribution in [2.45, 2.75) is 17.7 Å². The average molecular weight is 270 g/mol. The van der Waals surface area contributed by atoms with Crippen LogP contribution in [-0.2, 0) is 11.2 Å². The fourth-order valence-corrected chi connectivity index (χ4v) is 2.28. The highest BCUT2D eigenvalue weighted by Crippen LogP contribution is 2.17. The van der Waals surface area contributed by atoms with Gasteiger partial charge in [-0.1, -0.05) is 15.9 Å². The number of rotatable bonds is 3. The molecule has 1 saturated heterocycles. The van der Waals surface area contributed by atoms with Crippen LogP contribution in [-0.4, -0.2) is 38.7 Å². The number of carbonyl (C=O) groups is 1. The molecule has 1 aromatic rings. The van der Waals surface area contributed by atoms with Crippen molar-refractivity contribution in [3.63, 3.8) is 0 Å². The minimum atomic E-state index is 0.223. The third-order valence-corrected chi connectivity index (χ3v) is 3.04. The van der Waals surface area contributed by atoms with Gasteiger partial charge in [-0.2, -0.15) is 0 Å². The van der Waals surface area contributed by atoms with Crippen LogP contribution in [0.1, 0.15) is 12.1 Å². The molecule has 1 aliphatic heterocycles. The number of hydrogen-bond acceptors (Lipinski definition) is 3. The van der Waals surface area contributed by atoms with E-state index in [1.807, 2.05) is 4.90 Å². The van der Waals surface area contributed by atoms with E-state index in [2.05, 4.69) is 25.9 Å². The Hall–Kier alpha value is -0.970. The highest BCUT2D eigenvalue weighted by molar-refractivity contribution is 9.09. The number of amides is 1. The van der Waals surface area contributed by atoms with Gasteiger partial charge in [0.05, 0.1) is 5.69 Å². The summed E-state index contributed by atoms with van der Waals surface area (Å²) in [6.07, 6.45) is 6.46. The van der Waals surface area contributed by atoms with Crippen LogP contribution in [0.25, 0.3) is 0 Å². The Balaban J connectivity index is 1.86. The number of hydrogen-bond donors (Lipinski definition) is 0. The first kappa shape index (κ1) is 10.5. The molecule has 80 valence electrons. The summed E-state index contributed by atoms with van der Waals surface area (Å²) >= 11 is 3.45. The molecule has 0 radical (unpaired) electrons. The Morgan fingerprint density at radius 1 is 1.53 bits per heavy atom. The normalized spacial score (nSPS) is 21.0. The van der Waals surface area contributed by atoms with Crippen LogP contribution >= 0.6 is 15.9 Å². The van der Waals surface area contributed by atoms with Gasteiger partial charge in [-0.15, -0.1) is 0 Å². The van der Waals surface area contributed by atoms with Crippen LogP contribution in [0.5, 0.6) is 0 Å². The van der Waals surface area contributed by atoms with E-state index in [4.69, 9.17) is 0 Å². The monoisotopic (exact) mass is 269 g/mol. The lowest BCUT2D eigenvalue weighted by Gasteiger charge is -2.14. The molecule has 2 heterocycles. The first-order chi connectivity index (χ1) is 7.25. The number of aromatic nitrogens is 2. The van der Waals surface area contributed by atoms with E-state index in [0.29, 0.717) is 11.2 Å². The van der Waals surface area contributed by atoms with Gasteiger partial charge < -0.3 is 4.90 Å². The summed E-state index contributed by atoms with van der Waals surface area (Å²) in [4.78, 5) is 21.8. The molecule has 0 aliphatic carbocycles. The molecule has 1 aromatic heterocycles. The number of likely N-dealkylation sites (tertiary alicyclic amines) is 1. The maximum atomic E-state index is 11.5. The van der Waals surface area contributed by atoms with Crippen LogP contribution < -0.4 is 0 Å². The van der Waals surface area contributed by atoms with Gasteiger partial charge in [-0.05, 0) is 0 Å². The van der Waals surface area contributed by atoms with Gasteiger partial charge >= 0.3 is 0 Å². The first-order valence-electron chi connectivity index (χ1n) is 4.92. The van der Waals surface area contributed by atoms with Gasteiger partial charge in [0.2, 0.25) is 5.91 Å². The highest BCUT2D eigenvalue weighted by atomic mass is 79.9. The first-order valence-corrected chi connectivity index (χ1v) is 5.84. The van der Waals surface area contributed by atoms with Crippen molar-refractivity contribution in [3.05, 3.63) is 24.3 Å². The maximum Gasteiger partial charge on any atom is 0.223 e. The van der Waals surface area contributed by atoms with Crippen molar-refractivity contribution in [2.75, 3.05) is 13.1 Å². The van der Waals surface area contributed by atoms with Crippen LogP contribution in [0.4, 0.5) is 0 Å². The summed E-state index contributed by atoms with van der Waals surface area (Å²) in [7, 11) is 0. The van der Waals surface area contributed by atoms with Crippen molar-refractivity contribution in [2.24, 2.45) is 0 Å². The molecule has 1 unspecified atom stereocenters. The van der Waals surface area contributed by atoms with Crippen molar-refractivity contribution in [1.29, 1.82) is 0 Å². The third kappa shape index (κ3) is 2.75. The van der Waals surface area contributed by atoms with E-state index >= 15 is 0 Å². The zero-order valence-electron chi connectivity index (χ0n) is 8.27. The van der Waals surface area contributed by atoms with Crippen molar-refractivity contribution in [1.82, 2.24) is 14.9 Å². The molecule has 15 heavy (non-hydrogen) atoms. The molecule has 0 saturated carbocycles. The standard InChI is InChI=1S/C10H12BrN3O/c11-8-5-10(15)14(7-8)4-1-9-6-12-2-3-13-9/h2-3,6,8H,1,4-5,7H2. The van der Waals surface area contributed by atoms with E-state index in [0.717, 1.165) is 25.2 Å². The molecular weight excluding hydrogens is 258 g/mol. The average Bonchev–Trinajstić information content (AvgIpc) is 2.56. The fraction of sp³-hybridized carbons (Fsp3) is 0.500. The summed E-state index contributed by atoms with van der Waals surface area (Å²) in [5, 5.41) is 0. The molecule has 0 bridgehead atoms. The largest absolute Gasteiger partial charge is 0.341 e. The lowest BCUT2D eigenvalue weighted by Crippen LogP contribution is -2.27. The summed E-state index contributed by atoms with van der Waals surface area (Å²) in [5.74, 6) is 0.223. The molecule has 1 fully saturated rings. The van der Waals surface area contributed by atoms with Crippen LogP contribution in [0, 0.1) is 0 Å². The highest BCUT2D eigenvalue weighted by Gasteiger charge is 2.26. The second-order valence-electron chi connectivity index (χ2n) is 3.59. The molecule has 4 nitrogen and oxygen atoms in total. The second kappa shape index (κ2) is 4.70. The Labute approximate surface area is 96.8 Å². The van der Waals surface area contributed by atoms with Crippen molar-refractivity contribution in [3.8, 4) is 0 Å². The zero-order valence-corrected chi connectivity index (χ0v) is 9.85. The molecule has 1 aliphatic rings. The SMILES string of the molecule is O=C1CC(Br)CN1CCc1cnccn1. The lowest BCUT2D eigenvalue weighted by atomic mass is 10.3. The fourth-order valence-electron chi connectivity index (χ4n) is 1.65. The lowest BCUT2D eigenvalue weighted by molar-refractivity contribution is -0.127. The third-order valence-electron chi connectivity index (χ3n) is 2.42. The Morgan fingerprint density at radius 3 is 3.00 bits per heavy atom. The van der Waals surface area contributed by atoms with E-state index < -0.39 is 0 Å². The number of alkyl halides is 1. The van der Waals surface area contributed by atoms with E-state index in [1.54, 1.807) is 18.6 Å². The van der Waals surface area contributed by atoms with Gasteiger partial charge in [0.15, 0.2) is 0 Å². The minimum Gasteiger partial charge on any atom is -0.341 e. The van der Waals surface area contributed by atoms with E-state index in [-0.39, 0.29) is 5.91 Å². The van der Waals surface area contributed by atoms with Crippen LogP contribution in [0.3, 0.4) is 0 Å². The summed E-state index contributed by atoms with van der Waals surface area (Å²) in [6, 6.07) is 0. The van der Waals surface area contributed by atoms with E-state index in [9.17, 15) is 4.79 Å². The van der Waals surface area contributed by atoms with Crippen LogP contribution in [0.15, 0.2) is 18.6 Å². The van der Waals surface area contributed by atoms with Gasteiger partial charge in [-0.25, -0.2) is 0 Å². The van der Waals surface area contributed by atoms with Gasteiger partial charge in [0.25, 0.3) is 0 Å². The summed E-state index contributed by atoms with van der Waals surface area (Å²) in [5.41, 5.74) is 0.934. The smallest absolute Gasteiger partial charge is 0.223 e. The number of halogens is 1. The Kier molecular flexibility index (Phi) is 3.30. The summed E-state index contributed by atoms with van der Waals surface area (Å²) < 4.78 is 0. The predicted octanol–water partition coefficient (Wildman–Crippen LogP) is 1.01. The van der Waals surface area contributed by atoms with Gasteiger partial charge in [0.1, 0.15) is 0 Å². The predicted molar refractivity (Wildman–Crippen MR) is 59.6 cm³/mol. The molecular formula is C10H12BrN3O. The van der Waals surface area contributed by atoms with Crippen molar-refractivity contribution < 1.29 is 4.79 Å². The molecule has 0 N–H and O–H groups in total. The second-order valence-corrected chi connectivity index (χ2v) is 4.88. The van der Waals surface area contributed by atoms with Gasteiger partial charge in [-0.3, -0.25) is 14.8 Å². The molecule has 1 atom stereocenters. The van der Waals surface area contributed by atoms with Crippen molar-refractivity contribution >= 4 is 21.8 Å². The maximum absolute atomic E-state index is 11.5. The van der Waals surface area contributed by atoms with Crippen LogP contribution in [0.2, 0.25) is 0 Å². The molecule has 0 aromatic carbocycles. The molecule has 0 spiro atoms. The Morgan fingerprint density at radius 2 is 2.40 bits per heavy atom. The summed E-state index contributed by atoms with van der Waals surface area (Å²) in [6.45, 7) is 1.54. The Bertz CT molecular complexity index is 344. The molecule has 5 heteroatoms. The zero-order chi connectivity index (χ0) is 10.7. The van der Waals surface area contributed by atoms with E-state index in [1.165, 1.54) is 0 Å². The number of nitrogens with zero attached hydrogens (tertiary/aromatic N) is 3. The van der Waals surface area contributed by atoms with Gasteiger partial charge in [0, 0.05) is 49.3 Å².